The molecule has 3 rings (SSSR count). The minimum Gasteiger partial charge on any atom is -0.505 e. The van der Waals surface area contributed by atoms with E-state index in [0.717, 1.165) is 6.07 Å². The fourth-order valence-corrected chi connectivity index (χ4v) is 4.99. The van der Waals surface area contributed by atoms with Gasteiger partial charge in [-0.05, 0) is 18.3 Å². The van der Waals surface area contributed by atoms with Crippen molar-refractivity contribution in [1.82, 2.24) is 5.32 Å². The van der Waals surface area contributed by atoms with Crippen molar-refractivity contribution in [2.75, 3.05) is 16.4 Å². The van der Waals surface area contributed by atoms with Crippen LogP contribution in [0.5, 0.6) is 5.75 Å². The van der Waals surface area contributed by atoms with Gasteiger partial charge in [0, 0.05) is 6.07 Å². The Kier molecular flexibility index (Phi) is 3.02. The fourth-order valence-electron chi connectivity index (χ4n) is 2.72. The maximum atomic E-state index is 11.7. The lowest BCUT2D eigenvalue weighted by atomic mass is 10.1. The Balaban J connectivity index is 2.00. The van der Waals surface area contributed by atoms with Gasteiger partial charge in [-0.1, -0.05) is 0 Å². The number of nitrogens with zero attached hydrogens (tertiary/aromatic N) is 2. The predicted molar refractivity (Wildman–Crippen MR) is 79.2 cm³/mol. The van der Waals surface area contributed by atoms with Gasteiger partial charge in [-0.3, -0.25) is 10.1 Å². The second kappa shape index (κ2) is 4.53. The van der Waals surface area contributed by atoms with E-state index in [1.165, 1.54) is 17.0 Å². The zero-order chi connectivity index (χ0) is 15.4. The molecule has 21 heavy (non-hydrogen) atoms. The molecule has 0 bridgehead atoms. The highest BCUT2D eigenvalue weighted by molar-refractivity contribution is 7.91. The normalized spacial score (nSPS) is 26.5. The standard InChI is InChI=1S/C11H11N3O5S2/c15-10-3-6(14(16)17)1-2-8(10)13-9-5-21(18,19)4-7(9)12-11(13)20/h1-3,7,9,15H,4-5H2,(H,12,20)/t7-,9-/m0/s1. The van der Waals surface area contributed by atoms with Crippen LogP contribution in [0.25, 0.3) is 0 Å². The number of aromatic hydroxyl groups is 1. The van der Waals surface area contributed by atoms with E-state index in [1.54, 1.807) is 0 Å². The zero-order valence-corrected chi connectivity index (χ0v) is 12.2. The van der Waals surface area contributed by atoms with Gasteiger partial charge in [-0.15, -0.1) is 0 Å². The highest BCUT2D eigenvalue weighted by Crippen LogP contribution is 2.36. The van der Waals surface area contributed by atoms with Crippen LogP contribution in [-0.2, 0) is 9.84 Å². The number of fused-ring (bicyclic) bond motifs is 1. The second-order valence-electron chi connectivity index (χ2n) is 5.00. The number of hydrogen-bond acceptors (Lipinski definition) is 6. The summed E-state index contributed by atoms with van der Waals surface area (Å²) in [6.45, 7) is 0. The quantitative estimate of drug-likeness (QED) is 0.448. The highest BCUT2D eigenvalue weighted by Gasteiger charge is 2.48. The van der Waals surface area contributed by atoms with E-state index in [2.05, 4.69) is 5.32 Å². The first-order valence-electron chi connectivity index (χ1n) is 6.06. The largest absolute Gasteiger partial charge is 0.505 e. The summed E-state index contributed by atoms with van der Waals surface area (Å²) in [4.78, 5) is 11.6. The number of non-ortho nitro benzene ring substituents is 1. The van der Waals surface area contributed by atoms with Gasteiger partial charge in [0.2, 0.25) is 0 Å². The third-order valence-corrected chi connectivity index (χ3v) is 5.64. The first kappa shape index (κ1) is 14.0. The number of phenolic OH excluding ortho intramolecular Hbond substituents is 1. The Morgan fingerprint density at radius 2 is 2.14 bits per heavy atom. The van der Waals surface area contributed by atoms with Crippen LogP contribution < -0.4 is 10.2 Å². The first-order chi connectivity index (χ1) is 9.78. The summed E-state index contributed by atoms with van der Waals surface area (Å²) in [5, 5.41) is 23.9. The van der Waals surface area contributed by atoms with Crippen LogP contribution in [0.3, 0.4) is 0 Å². The topological polar surface area (TPSA) is 113 Å². The first-order valence-corrected chi connectivity index (χ1v) is 8.29. The predicted octanol–water partition coefficient (Wildman–Crippen LogP) is 0.160. The van der Waals surface area contributed by atoms with E-state index in [9.17, 15) is 23.6 Å². The van der Waals surface area contributed by atoms with E-state index in [-0.39, 0.29) is 34.7 Å². The smallest absolute Gasteiger partial charge is 0.273 e. The minimum absolute atomic E-state index is 0.0119. The van der Waals surface area contributed by atoms with Crippen molar-refractivity contribution in [3.8, 4) is 5.75 Å². The third kappa shape index (κ3) is 2.29. The molecule has 2 N–H and O–H groups in total. The molecule has 2 saturated heterocycles. The Labute approximate surface area is 125 Å². The molecule has 0 radical (unpaired) electrons. The van der Waals surface area contributed by atoms with E-state index in [0.29, 0.717) is 5.11 Å². The van der Waals surface area contributed by atoms with Crippen LogP contribution in [0.4, 0.5) is 11.4 Å². The zero-order valence-electron chi connectivity index (χ0n) is 10.6. The molecule has 0 unspecified atom stereocenters. The highest BCUT2D eigenvalue weighted by atomic mass is 32.2. The Morgan fingerprint density at radius 3 is 2.76 bits per heavy atom. The molecule has 2 aliphatic rings. The van der Waals surface area contributed by atoms with Crippen LogP contribution in [0.1, 0.15) is 0 Å². The molecular formula is C11H11N3O5S2. The molecule has 8 nitrogen and oxygen atoms in total. The molecule has 0 amide bonds. The molecular weight excluding hydrogens is 318 g/mol. The number of sulfone groups is 1. The monoisotopic (exact) mass is 329 g/mol. The van der Waals surface area contributed by atoms with Crippen molar-refractivity contribution in [3.05, 3.63) is 28.3 Å². The van der Waals surface area contributed by atoms with Crippen molar-refractivity contribution in [3.63, 3.8) is 0 Å². The number of hydrogen-bond donors (Lipinski definition) is 2. The van der Waals surface area contributed by atoms with Gasteiger partial charge in [0.15, 0.2) is 14.9 Å². The third-order valence-electron chi connectivity index (χ3n) is 3.61. The number of rotatable bonds is 2. The van der Waals surface area contributed by atoms with Crippen LogP contribution in [-0.4, -0.2) is 47.1 Å². The summed E-state index contributed by atoms with van der Waals surface area (Å²) in [6.07, 6.45) is 0. The average molecular weight is 329 g/mol. The summed E-state index contributed by atoms with van der Waals surface area (Å²) in [5.74, 6) is -0.387. The molecule has 10 heteroatoms. The van der Waals surface area contributed by atoms with E-state index >= 15 is 0 Å². The molecule has 0 spiro atoms. The summed E-state index contributed by atoms with van der Waals surface area (Å²) in [6, 6.07) is 2.91. The number of thiocarbonyl (C=S) groups is 1. The maximum absolute atomic E-state index is 11.7. The SMILES string of the molecule is O=[N+]([O-])c1ccc(N2C(=S)N[C@H]3CS(=O)(=O)C[C@@H]32)c(O)c1. The molecule has 112 valence electrons. The van der Waals surface area contributed by atoms with Gasteiger partial charge >= 0.3 is 0 Å². The number of nitro groups is 1. The molecule has 0 saturated carbocycles. The average Bonchev–Trinajstić information content (AvgIpc) is 2.80. The van der Waals surface area contributed by atoms with Crippen LogP contribution >= 0.6 is 12.2 Å². The van der Waals surface area contributed by atoms with Gasteiger partial charge in [-0.2, -0.15) is 0 Å². The van der Waals surface area contributed by atoms with Gasteiger partial charge in [0.25, 0.3) is 5.69 Å². The Hall–Kier alpha value is -1.94. The lowest BCUT2D eigenvalue weighted by molar-refractivity contribution is -0.384. The van der Waals surface area contributed by atoms with E-state index < -0.39 is 20.8 Å². The molecule has 0 aromatic heterocycles. The van der Waals surface area contributed by atoms with Gasteiger partial charge < -0.3 is 15.3 Å². The van der Waals surface area contributed by atoms with Crippen LogP contribution in [0.2, 0.25) is 0 Å². The summed E-state index contributed by atoms with van der Waals surface area (Å²) < 4.78 is 23.4. The van der Waals surface area contributed by atoms with Crippen LogP contribution in [0.15, 0.2) is 18.2 Å². The molecule has 0 aliphatic carbocycles. The Morgan fingerprint density at radius 1 is 1.43 bits per heavy atom. The maximum Gasteiger partial charge on any atom is 0.273 e. The summed E-state index contributed by atoms with van der Waals surface area (Å²) in [5.41, 5.74) is 0.0209. The lowest BCUT2D eigenvalue weighted by Crippen LogP contribution is -2.36. The Bertz CT molecular complexity index is 748. The molecule has 2 aliphatic heterocycles. The van der Waals surface area contributed by atoms with Crippen LogP contribution in [0, 0.1) is 10.1 Å². The van der Waals surface area contributed by atoms with Crippen molar-refractivity contribution < 1.29 is 18.4 Å². The molecule has 2 fully saturated rings. The molecule has 1 aromatic rings. The number of phenols is 1. The minimum atomic E-state index is -3.16. The molecule has 2 atom stereocenters. The fraction of sp³-hybridized carbons (Fsp3) is 0.364. The number of nitrogens with one attached hydrogen (secondary N) is 1. The van der Waals surface area contributed by atoms with E-state index in [1.807, 2.05) is 0 Å². The summed E-state index contributed by atoms with van der Waals surface area (Å²) in [7, 11) is -3.16. The molecule has 1 aromatic carbocycles. The van der Waals surface area contributed by atoms with Crippen molar-refractivity contribution in [1.29, 1.82) is 0 Å². The number of anilines is 1. The van der Waals surface area contributed by atoms with Gasteiger partial charge in [-0.25, -0.2) is 8.42 Å². The van der Waals surface area contributed by atoms with Gasteiger partial charge in [0.05, 0.1) is 40.3 Å². The van der Waals surface area contributed by atoms with Gasteiger partial charge in [0.1, 0.15) is 5.75 Å². The second-order valence-corrected chi connectivity index (χ2v) is 7.54. The van der Waals surface area contributed by atoms with E-state index in [4.69, 9.17) is 12.2 Å². The molecule has 2 heterocycles. The number of nitro benzene ring substituents is 1. The summed E-state index contributed by atoms with van der Waals surface area (Å²) >= 11 is 5.17. The van der Waals surface area contributed by atoms with Crippen molar-refractivity contribution >= 4 is 38.5 Å². The number of benzene rings is 1. The van der Waals surface area contributed by atoms with Crippen molar-refractivity contribution in [2.24, 2.45) is 0 Å². The van der Waals surface area contributed by atoms with Crippen molar-refractivity contribution in [2.45, 2.75) is 12.1 Å². The lowest BCUT2D eigenvalue weighted by Gasteiger charge is -2.23.